The van der Waals surface area contributed by atoms with Gasteiger partial charge in [-0.1, -0.05) is 25.3 Å². The summed E-state index contributed by atoms with van der Waals surface area (Å²) in [5.41, 5.74) is 2.60. The van der Waals surface area contributed by atoms with Crippen molar-refractivity contribution in [2.45, 2.75) is 63.6 Å². The molecular weight excluding hydrogens is 390 g/mol. The van der Waals surface area contributed by atoms with Gasteiger partial charge in [-0.3, -0.25) is 9.78 Å². The molecule has 2 amide bonds. The lowest BCUT2D eigenvalue weighted by molar-refractivity contribution is 0.127. The van der Waals surface area contributed by atoms with Crippen LogP contribution in [-0.2, 0) is 13.1 Å². The second-order valence-corrected chi connectivity index (χ2v) is 9.25. The van der Waals surface area contributed by atoms with Crippen LogP contribution in [0.1, 0.15) is 55.8 Å². The first-order valence-electron chi connectivity index (χ1n) is 11.6. The Hall–Kier alpha value is -2.83. The van der Waals surface area contributed by atoms with Crippen LogP contribution in [-0.4, -0.2) is 39.6 Å². The van der Waals surface area contributed by atoms with Crippen molar-refractivity contribution < 1.29 is 4.79 Å². The molecule has 5 rings (SSSR count). The summed E-state index contributed by atoms with van der Waals surface area (Å²) < 4.78 is 1.93. The van der Waals surface area contributed by atoms with Crippen LogP contribution in [0.5, 0.6) is 0 Å². The van der Waals surface area contributed by atoms with Crippen LogP contribution in [0.15, 0.2) is 41.3 Å². The van der Waals surface area contributed by atoms with Gasteiger partial charge in [0.15, 0.2) is 0 Å². The second kappa shape index (κ2) is 8.73. The summed E-state index contributed by atoms with van der Waals surface area (Å²) in [4.78, 5) is 32.3. The van der Waals surface area contributed by atoms with Crippen molar-refractivity contribution in [2.75, 3.05) is 18.4 Å². The van der Waals surface area contributed by atoms with E-state index in [1.54, 1.807) is 6.20 Å². The van der Waals surface area contributed by atoms with Crippen molar-refractivity contribution in [3.8, 4) is 0 Å². The molecule has 0 radical (unpaired) electrons. The first kappa shape index (κ1) is 20.1. The Labute approximate surface area is 182 Å². The third-order valence-electron chi connectivity index (χ3n) is 7.01. The molecule has 2 atom stereocenters. The summed E-state index contributed by atoms with van der Waals surface area (Å²) in [5.74, 6) is 0.550. The lowest BCUT2D eigenvalue weighted by atomic mass is 9.83. The summed E-state index contributed by atoms with van der Waals surface area (Å²) in [5, 5.41) is 6.50. The van der Waals surface area contributed by atoms with Gasteiger partial charge in [0.25, 0.3) is 5.56 Å². The highest BCUT2D eigenvalue weighted by atomic mass is 16.2. The van der Waals surface area contributed by atoms with Gasteiger partial charge in [0.1, 0.15) is 5.69 Å². The van der Waals surface area contributed by atoms with Crippen LogP contribution in [0.25, 0.3) is 0 Å². The number of hydrogen-bond acceptors (Lipinski definition) is 4. The highest BCUT2D eigenvalue weighted by molar-refractivity contribution is 5.74. The number of amides is 2. The maximum atomic E-state index is 13.1. The van der Waals surface area contributed by atoms with E-state index >= 15 is 0 Å². The number of piperidine rings is 1. The fourth-order valence-electron chi connectivity index (χ4n) is 5.45. The molecule has 0 spiro atoms. The summed E-state index contributed by atoms with van der Waals surface area (Å²) >= 11 is 0. The largest absolute Gasteiger partial charge is 0.375 e. The molecule has 3 aliphatic rings. The number of aromatic nitrogens is 2. The third kappa shape index (κ3) is 4.31. The number of hydrogen-bond donors (Lipinski definition) is 2. The predicted octanol–water partition coefficient (Wildman–Crippen LogP) is 3.32. The van der Waals surface area contributed by atoms with E-state index in [1.807, 2.05) is 33.7 Å². The maximum absolute atomic E-state index is 13.1. The molecule has 2 N–H and O–H groups in total. The van der Waals surface area contributed by atoms with Crippen molar-refractivity contribution >= 4 is 11.7 Å². The van der Waals surface area contributed by atoms with Gasteiger partial charge >= 0.3 is 6.03 Å². The van der Waals surface area contributed by atoms with Gasteiger partial charge in [-0.25, -0.2) is 4.79 Å². The Morgan fingerprint density at radius 3 is 2.74 bits per heavy atom. The average Bonchev–Trinajstić information content (AvgIpc) is 2.80. The molecule has 1 saturated heterocycles. The summed E-state index contributed by atoms with van der Waals surface area (Å²) in [6, 6.07) is 10.1. The van der Waals surface area contributed by atoms with Gasteiger partial charge in [0.05, 0.1) is 12.2 Å². The number of nitrogens with one attached hydrogen (secondary N) is 2. The molecular formula is C24H31N5O2. The molecule has 31 heavy (non-hydrogen) atoms. The van der Waals surface area contributed by atoms with Gasteiger partial charge in [0.2, 0.25) is 0 Å². The minimum Gasteiger partial charge on any atom is -0.375 e. The van der Waals surface area contributed by atoms with Gasteiger partial charge in [-0.05, 0) is 49.4 Å². The molecule has 2 aromatic heterocycles. The lowest BCUT2D eigenvalue weighted by Gasteiger charge is -2.43. The van der Waals surface area contributed by atoms with Crippen molar-refractivity contribution in [1.82, 2.24) is 19.8 Å². The van der Waals surface area contributed by atoms with E-state index in [-0.39, 0.29) is 17.5 Å². The summed E-state index contributed by atoms with van der Waals surface area (Å²) in [6.07, 6.45) is 8.70. The molecule has 0 aromatic carbocycles. The molecule has 164 valence electrons. The van der Waals surface area contributed by atoms with E-state index < -0.39 is 0 Å². The van der Waals surface area contributed by atoms with Crippen LogP contribution < -0.4 is 16.2 Å². The van der Waals surface area contributed by atoms with Crippen molar-refractivity contribution in [2.24, 2.45) is 5.92 Å². The van der Waals surface area contributed by atoms with Crippen LogP contribution in [0.3, 0.4) is 0 Å². The zero-order valence-corrected chi connectivity index (χ0v) is 17.9. The molecule has 2 aliphatic heterocycles. The Balaban J connectivity index is 1.28. The zero-order chi connectivity index (χ0) is 21.2. The Morgan fingerprint density at radius 1 is 1.06 bits per heavy atom. The van der Waals surface area contributed by atoms with Crippen LogP contribution >= 0.6 is 0 Å². The number of nitrogens with zero attached hydrogens (tertiary/aromatic N) is 3. The van der Waals surface area contributed by atoms with E-state index in [1.165, 1.54) is 19.3 Å². The molecule has 2 fully saturated rings. The summed E-state index contributed by atoms with van der Waals surface area (Å²) in [7, 11) is 0. The van der Waals surface area contributed by atoms with Gasteiger partial charge in [-0.15, -0.1) is 0 Å². The Bertz CT molecular complexity index is 983. The first-order chi connectivity index (χ1) is 15.2. The normalized spacial score (nSPS) is 23.2. The molecule has 4 heterocycles. The van der Waals surface area contributed by atoms with Crippen LogP contribution in [0.2, 0.25) is 0 Å². The van der Waals surface area contributed by atoms with E-state index in [0.717, 1.165) is 37.2 Å². The summed E-state index contributed by atoms with van der Waals surface area (Å²) in [6.45, 7) is 2.62. The fraction of sp³-hybridized carbons (Fsp3) is 0.542. The zero-order valence-electron chi connectivity index (χ0n) is 17.9. The third-order valence-corrected chi connectivity index (χ3v) is 7.01. The highest BCUT2D eigenvalue weighted by Gasteiger charge is 2.37. The lowest BCUT2D eigenvalue weighted by Crippen LogP contribution is -2.53. The maximum Gasteiger partial charge on any atom is 0.317 e. The SMILES string of the molecule is O=C(NC1CCCCC1)N1C[C@@H]2C[C@H](C1)c1ccc(NCc3ccccn3)c(=O)n1C2. The van der Waals surface area contributed by atoms with Gasteiger partial charge in [0, 0.05) is 43.5 Å². The highest BCUT2D eigenvalue weighted by Crippen LogP contribution is 2.35. The number of carbonyl (C=O) groups excluding carboxylic acids is 1. The topological polar surface area (TPSA) is 79.3 Å². The minimum absolute atomic E-state index is 0.0308. The smallest absolute Gasteiger partial charge is 0.317 e. The molecule has 7 heteroatoms. The molecule has 2 aromatic rings. The van der Waals surface area contributed by atoms with Crippen molar-refractivity contribution in [3.63, 3.8) is 0 Å². The van der Waals surface area contributed by atoms with E-state index in [4.69, 9.17) is 0 Å². The molecule has 7 nitrogen and oxygen atoms in total. The average molecular weight is 422 g/mol. The Kier molecular flexibility index (Phi) is 5.66. The molecule has 2 bridgehead atoms. The fourth-order valence-corrected chi connectivity index (χ4v) is 5.45. The quantitative estimate of drug-likeness (QED) is 0.794. The molecule has 1 saturated carbocycles. The van der Waals surface area contributed by atoms with E-state index in [9.17, 15) is 9.59 Å². The number of carbonyl (C=O) groups is 1. The number of anilines is 1. The first-order valence-corrected chi connectivity index (χ1v) is 11.6. The number of rotatable bonds is 4. The van der Waals surface area contributed by atoms with Gasteiger partial charge in [-0.2, -0.15) is 0 Å². The number of urea groups is 1. The molecule has 1 aliphatic carbocycles. The van der Waals surface area contributed by atoms with Gasteiger partial charge < -0.3 is 20.1 Å². The van der Waals surface area contributed by atoms with Crippen molar-refractivity contribution in [1.29, 1.82) is 0 Å². The monoisotopic (exact) mass is 421 g/mol. The van der Waals surface area contributed by atoms with Crippen LogP contribution in [0.4, 0.5) is 10.5 Å². The second-order valence-electron chi connectivity index (χ2n) is 9.25. The standard InChI is InChI=1S/C24H31N5O2/c30-23-21(26-13-20-8-4-5-11-25-20)9-10-22-18-12-17(15-29(22)23)14-28(16-18)24(31)27-19-6-2-1-3-7-19/h4-5,8-11,17-19,26H,1-3,6-7,12-16H2,(H,27,31)/t17-,18+/m0/s1. The van der Waals surface area contributed by atoms with Crippen LogP contribution in [0, 0.1) is 5.92 Å². The number of pyridine rings is 2. The van der Waals surface area contributed by atoms with Crippen molar-refractivity contribution in [3.05, 3.63) is 58.3 Å². The predicted molar refractivity (Wildman–Crippen MR) is 120 cm³/mol. The van der Waals surface area contributed by atoms with E-state index in [0.29, 0.717) is 37.3 Å². The number of fused-ring (bicyclic) bond motifs is 4. The number of likely N-dealkylation sites (tertiary alicyclic amines) is 1. The Morgan fingerprint density at radius 2 is 1.94 bits per heavy atom. The molecule has 0 unspecified atom stereocenters. The van der Waals surface area contributed by atoms with E-state index in [2.05, 4.69) is 21.7 Å². The minimum atomic E-state index is 0.0308.